The summed E-state index contributed by atoms with van der Waals surface area (Å²) in [6, 6.07) is 15.8. The van der Waals surface area contributed by atoms with E-state index in [1.165, 1.54) is 0 Å². The number of carbonyl (C=O) groups excluding carboxylic acids is 1. The highest BCUT2D eigenvalue weighted by Crippen LogP contribution is 2.29. The number of nitrogens with zero attached hydrogens (tertiary/aromatic N) is 4. The molecule has 1 aliphatic heterocycles. The first kappa shape index (κ1) is 19.1. The second-order valence-electron chi connectivity index (χ2n) is 7.26. The van der Waals surface area contributed by atoms with Gasteiger partial charge in [-0.3, -0.25) is 9.78 Å². The third-order valence-corrected chi connectivity index (χ3v) is 5.19. The number of anilines is 2. The van der Waals surface area contributed by atoms with Crippen molar-refractivity contribution in [2.24, 2.45) is 0 Å². The fourth-order valence-corrected chi connectivity index (χ4v) is 3.68. The van der Waals surface area contributed by atoms with Gasteiger partial charge < -0.3 is 10.2 Å². The molecule has 0 spiro atoms. The average molecular weight is 387 g/mol. The van der Waals surface area contributed by atoms with Gasteiger partial charge in [-0.2, -0.15) is 0 Å². The van der Waals surface area contributed by atoms with E-state index in [4.69, 9.17) is 9.97 Å². The van der Waals surface area contributed by atoms with Crippen LogP contribution in [0.4, 0.5) is 11.5 Å². The molecule has 1 unspecified atom stereocenters. The Bertz CT molecular complexity index is 962. The van der Waals surface area contributed by atoms with Crippen LogP contribution in [0, 0.1) is 0 Å². The van der Waals surface area contributed by atoms with Gasteiger partial charge in [-0.25, -0.2) is 9.97 Å². The van der Waals surface area contributed by atoms with E-state index >= 15 is 0 Å². The zero-order chi connectivity index (χ0) is 20.1. The molecule has 1 amide bonds. The smallest absolute Gasteiger partial charge is 0.222 e. The number of carbonyl (C=O) groups is 1. The number of hydrogen-bond donors (Lipinski definition) is 1. The van der Waals surface area contributed by atoms with Gasteiger partial charge in [-0.05, 0) is 37.1 Å². The van der Waals surface area contributed by atoms with Gasteiger partial charge in [-0.1, -0.05) is 25.1 Å². The minimum absolute atomic E-state index is 0.132. The Hall–Kier alpha value is -3.28. The van der Waals surface area contributed by atoms with Gasteiger partial charge in [0, 0.05) is 55.1 Å². The number of hydrogen-bond acceptors (Lipinski definition) is 5. The molecule has 0 bridgehead atoms. The summed E-state index contributed by atoms with van der Waals surface area (Å²) in [5.41, 5.74) is 2.76. The summed E-state index contributed by atoms with van der Waals surface area (Å²) in [4.78, 5) is 28.1. The van der Waals surface area contributed by atoms with Crippen molar-refractivity contribution in [3.05, 3.63) is 66.7 Å². The molecule has 1 N–H and O–H groups in total. The molecule has 3 heterocycles. The molecular weight excluding hydrogens is 362 g/mol. The molecule has 1 aromatic carbocycles. The summed E-state index contributed by atoms with van der Waals surface area (Å²) in [5.74, 6) is 1.85. The second-order valence-corrected chi connectivity index (χ2v) is 7.26. The highest BCUT2D eigenvalue weighted by atomic mass is 16.2. The molecule has 1 saturated heterocycles. The predicted octanol–water partition coefficient (Wildman–Crippen LogP) is 4.40. The molecule has 3 aromatic rings. The van der Waals surface area contributed by atoms with Crippen LogP contribution >= 0.6 is 0 Å². The van der Waals surface area contributed by atoms with E-state index in [-0.39, 0.29) is 11.8 Å². The first-order chi connectivity index (χ1) is 14.2. The van der Waals surface area contributed by atoms with Crippen molar-refractivity contribution in [2.75, 3.05) is 18.4 Å². The van der Waals surface area contributed by atoms with Gasteiger partial charge in [0.2, 0.25) is 5.91 Å². The maximum absolute atomic E-state index is 12.2. The number of nitrogens with one attached hydrogen (secondary N) is 1. The van der Waals surface area contributed by atoms with Gasteiger partial charge in [0.05, 0.1) is 5.69 Å². The van der Waals surface area contributed by atoms with Crippen molar-refractivity contribution >= 4 is 17.4 Å². The van der Waals surface area contributed by atoms with Crippen LogP contribution in [0.5, 0.6) is 0 Å². The summed E-state index contributed by atoms with van der Waals surface area (Å²) in [6.45, 7) is 3.40. The van der Waals surface area contributed by atoms with Crippen LogP contribution in [0.2, 0.25) is 0 Å². The van der Waals surface area contributed by atoms with Crippen LogP contribution in [-0.2, 0) is 4.79 Å². The predicted molar refractivity (Wildman–Crippen MR) is 114 cm³/mol. The van der Waals surface area contributed by atoms with Crippen LogP contribution in [-0.4, -0.2) is 38.8 Å². The Morgan fingerprint density at radius 1 is 1.17 bits per heavy atom. The van der Waals surface area contributed by atoms with Gasteiger partial charge in [-0.15, -0.1) is 0 Å². The van der Waals surface area contributed by atoms with Crippen LogP contribution in [0.15, 0.2) is 60.9 Å². The van der Waals surface area contributed by atoms with Crippen LogP contribution in [0.3, 0.4) is 0 Å². The summed E-state index contributed by atoms with van der Waals surface area (Å²) in [5, 5.41) is 3.39. The third-order valence-electron chi connectivity index (χ3n) is 5.19. The number of benzene rings is 1. The summed E-state index contributed by atoms with van der Waals surface area (Å²) < 4.78 is 0. The van der Waals surface area contributed by atoms with E-state index in [9.17, 15) is 4.79 Å². The molecule has 4 rings (SSSR count). The highest BCUT2D eigenvalue weighted by Gasteiger charge is 2.26. The van der Waals surface area contributed by atoms with Gasteiger partial charge >= 0.3 is 0 Å². The lowest BCUT2D eigenvalue weighted by molar-refractivity contribution is -0.132. The molecule has 1 fully saturated rings. The summed E-state index contributed by atoms with van der Waals surface area (Å²) in [6.07, 6.45) is 6.05. The van der Waals surface area contributed by atoms with Crippen molar-refractivity contribution < 1.29 is 4.79 Å². The SMILES string of the molecule is CCC(=O)N1CCCC(c2nc(Nc3ccccc3)cc(-c3cccnc3)n2)C1. The van der Waals surface area contributed by atoms with Crippen molar-refractivity contribution in [1.82, 2.24) is 19.9 Å². The number of rotatable bonds is 5. The van der Waals surface area contributed by atoms with E-state index in [1.807, 2.05) is 66.6 Å². The van der Waals surface area contributed by atoms with E-state index in [2.05, 4.69) is 10.3 Å². The van der Waals surface area contributed by atoms with Crippen LogP contribution < -0.4 is 5.32 Å². The Morgan fingerprint density at radius 2 is 2.03 bits per heavy atom. The Morgan fingerprint density at radius 3 is 2.79 bits per heavy atom. The molecule has 0 aliphatic carbocycles. The number of pyridine rings is 1. The number of aromatic nitrogens is 3. The number of para-hydroxylation sites is 1. The zero-order valence-electron chi connectivity index (χ0n) is 16.6. The first-order valence-corrected chi connectivity index (χ1v) is 10.1. The van der Waals surface area contributed by atoms with Crippen molar-refractivity contribution in [2.45, 2.75) is 32.1 Å². The molecule has 29 heavy (non-hydrogen) atoms. The Balaban J connectivity index is 1.68. The molecule has 2 aromatic heterocycles. The molecule has 1 aliphatic rings. The standard InChI is InChI=1S/C23H25N5O/c1-2-22(29)28-13-7-9-18(16-28)23-26-20(17-8-6-12-24-15-17)14-21(27-23)25-19-10-4-3-5-11-19/h3-6,8,10-12,14-15,18H,2,7,9,13,16H2,1H3,(H,25,26,27). The average Bonchev–Trinajstić information content (AvgIpc) is 2.79. The minimum atomic E-state index is 0.132. The van der Waals surface area contributed by atoms with Gasteiger partial charge in [0.25, 0.3) is 0 Å². The van der Waals surface area contributed by atoms with Crippen molar-refractivity contribution in [3.63, 3.8) is 0 Å². The normalized spacial score (nSPS) is 16.4. The van der Waals surface area contributed by atoms with Crippen molar-refractivity contribution in [3.8, 4) is 11.3 Å². The minimum Gasteiger partial charge on any atom is -0.342 e. The van der Waals surface area contributed by atoms with Gasteiger partial charge in [0.15, 0.2) is 0 Å². The number of amides is 1. The first-order valence-electron chi connectivity index (χ1n) is 10.1. The highest BCUT2D eigenvalue weighted by molar-refractivity contribution is 5.76. The molecule has 6 nitrogen and oxygen atoms in total. The monoisotopic (exact) mass is 387 g/mol. The molecule has 0 saturated carbocycles. The summed E-state index contributed by atoms with van der Waals surface area (Å²) in [7, 11) is 0. The zero-order valence-corrected chi connectivity index (χ0v) is 16.6. The lowest BCUT2D eigenvalue weighted by Gasteiger charge is -2.32. The molecular formula is C23H25N5O. The maximum atomic E-state index is 12.2. The second kappa shape index (κ2) is 8.82. The largest absolute Gasteiger partial charge is 0.342 e. The Labute approximate surface area is 171 Å². The topological polar surface area (TPSA) is 71.0 Å². The van der Waals surface area contributed by atoms with Crippen LogP contribution in [0.25, 0.3) is 11.3 Å². The summed E-state index contributed by atoms with van der Waals surface area (Å²) >= 11 is 0. The third kappa shape index (κ3) is 4.59. The maximum Gasteiger partial charge on any atom is 0.222 e. The molecule has 148 valence electrons. The molecule has 1 atom stereocenters. The van der Waals surface area contributed by atoms with E-state index in [1.54, 1.807) is 6.20 Å². The quantitative estimate of drug-likeness (QED) is 0.703. The van der Waals surface area contributed by atoms with Gasteiger partial charge in [0.1, 0.15) is 11.6 Å². The molecule has 6 heteroatoms. The van der Waals surface area contributed by atoms with E-state index < -0.39 is 0 Å². The number of piperidine rings is 1. The van der Waals surface area contributed by atoms with E-state index in [0.29, 0.717) is 13.0 Å². The lowest BCUT2D eigenvalue weighted by Crippen LogP contribution is -2.39. The lowest BCUT2D eigenvalue weighted by atomic mass is 9.96. The van der Waals surface area contributed by atoms with Crippen LogP contribution in [0.1, 0.15) is 37.9 Å². The Kier molecular flexibility index (Phi) is 5.79. The molecule has 0 radical (unpaired) electrons. The fourth-order valence-electron chi connectivity index (χ4n) is 3.68. The van der Waals surface area contributed by atoms with Crippen molar-refractivity contribution in [1.29, 1.82) is 0 Å². The number of likely N-dealkylation sites (tertiary alicyclic amines) is 1. The fraction of sp³-hybridized carbons (Fsp3) is 0.304. The van der Waals surface area contributed by atoms with E-state index in [0.717, 1.165) is 48.0 Å².